The van der Waals surface area contributed by atoms with E-state index in [4.69, 9.17) is 0 Å². The zero-order valence-electron chi connectivity index (χ0n) is 15.4. The highest BCUT2D eigenvalue weighted by atomic mass is 32.1. The molecule has 1 aliphatic carbocycles. The van der Waals surface area contributed by atoms with Crippen molar-refractivity contribution < 1.29 is 4.79 Å². The number of nitrogens with one attached hydrogen (secondary N) is 1. The monoisotopic (exact) mass is 381 g/mol. The van der Waals surface area contributed by atoms with Crippen molar-refractivity contribution in [3.05, 3.63) is 63.0 Å². The predicted octanol–water partition coefficient (Wildman–Crippen LogP) is 3.60. The topological polar surface area (TPSA) is 64.0 Å². The second kappa shape index (κ2) is 7.64. The Bertz CT molecular complexity index is 1040. The first-order valence-electron chi connectivity index (χ1n) is 9.45. The number of rotatable bonds is 5. The number of nitrogens with zero attached hydrogens (tertiary/aromatic N) is 2. The van der Waals surface area contributed by atoms with Gasteiger partial charge in [0.15, 0.2) is 0 Å². The second-order valence-electron chi connectivity index (χ2n) is 7.16. The number of aromatic nitrogens is 2. The maximum absolute atomic E-state index is 12.4. The van der Waals surface area contributed by atoms with Gasteiger partial charge in [0.2, 0.25) is 5.91 Å². The number of hydrogen-bond acceptors (Lipinski definition) is 4. The molecule has 1 atom stereocenters. The van der Waals surface area contributed by atoms with Gasteiger partial charge in [-0.25, -0.2) is 4.98 Å². The first-order valence-corrected chi connectivity index (χ1v) is 10.3. The van der Waals surface area contributed by atoms with E-state index in [1.54, 1.807) is 6.07 Å². The third kappa shape index (κ3) is 3.81. The smallest absolute Gasteiger partial charge is 0.262 e. The highest BCUT2D eigenvalue weighted by Gasteiger charge is 2.14. The Morgan fingerprint density at radius 1 is 1.26 bits per heavy atom. The number of fused-ring (bicyclic) bond motifs is 2. The molecule has 27 heavy (non-hydrogen) atoms. The summed E-state index contributed by atoms with van der Waals surface area (Å²) < 4.78 is 1.51. The van der Waals surface area contributed by atoms with Gasteiger partial charge in [0.1, 0.15) is 4.83 Å². The van der Waals surface area contributed by atoms with E-state index in [1.807, 2.05) is 12.3 Å². The maximum Gasteiger partial charge on any atom is 0.262 e. The fourth-order valence-electron chi connectivity index (χ4n) is 3.69. The molecule has 140 valence electrons. The molecule has 1 amide bonds. The molecule has 0 bridgehead atoms. The summed E-state index contributed by atoms with van der Waals surface area (Å²) in [5, 5.41) is 5.53. The van der Waals surface area contributed by atoms with E-state index in [0.717, 1.165) is 23.2 Å². The van der Waals surface area contributed by atoms with Crippen LogP contribution in [0.15, 0.2) is 40.8 Å². The lowest BCUT2D eigenvalue weighted by Crippen LogP contribution is -2.29. The number of amides is 1. The Balaban J connectivity index is 1.38. The SMILES string of the molecule is CC(NC(=O)CCn1cnc2sccc2c1=O)c1ccc2c(c1)CCCC2. The summed E-state index contributed by atoms with van der Waals surface area (Å²) in [4.78, 5) is 29.8. The summed E-state index contributed by atoms with van der Waals surface area (Å²) in [6, 6.07) is 8.29. The predicted molar refractivity (Wildman–Crippen MR) is 108 cm³/mol. The molecule has 5 nitrogen and oxygen atoms in total. The summed E-state index contributed by atoms with van der Waals surface area (Å²) in [7, 11) is 0. The number of thiophene rings is 1. The molecule has 0 spiro atoms. The molecule has 1 N–H and O–H groups in total. The highest BCUT2D eigenvalue weighted by Crippen LogP contribution is 2.24. The van der Waals surface area contributed by atoms with Gasteiger partial charge in [0, 0.05) is 13.0 Å². The molecule has 2 aromatic heterocycles. The Labute approximate surface area is 162 Å². The quantitative estimate of drug-likeness (QED) is 0.734. The van der Waals surface area contributed by atoms with Crippen LogP contribution in [0.2, 0.25) is 0 Å². The van der Waals surface area contributed by atoms with Crippen molar-refractivity contribution in [2.45, 2.75) is 51.6 Å². The van der Waals surface area contributed by atoms with Crippen LogP contribution in [0, 0.1) is 0 Å². The average molecular weight is 382 g/mol. The van der Waals surface area contributed by atoms with Crippen LogP contribution in [0.3, 0.4) is 0 Å². The number of hydrogen-bond donors (Lipinski definition) is 1. The normalized spacial score (nSPS) is 14.7. The van der Waals surface area contributed by atoms with Crippen LogP contribution in [0.25, 0.3) is 10.2 Å². The third-order valence-electron chi connectivity index (χ3n) is 5.28. The van der Waals surface area contributed by atoms with Crippen LogP contribution in [-0.4, -0.2) is 15.5 Å². The zero-order chi connectivity index (χ0) is 18.8. The molecule has 0 saturated heterocycles. The van der Waals surface area contributed by atoms with Gasteiger partial charge in [0.25, 0.3) is 5.56 Å². The van der Waals surface area contributed by atoms with Gasteiger partial charge >= 0.3 is 0 Å². The largest absolute Gasteiger partial charge is 0.350 e. The lowest BCUT2D eigenvalue weighted by Gasteiger charge is -2.20. The minimum absolute atomic E-state index is 0.0427. The fraction of sp³-hybridized carbons (Fsp3) is 0.381. The molecule has 0 radical (unpaired) electrons. The van der Waals surface area contributed by atoms with Crippen LogP contribution < -0.4 is 10.9 Å². The van der Waals surface area contributed by atoms with E-state index in [9.17, 15) is 9.59 Å². The van der Waals surface area contributed by atoms with E-state index < -0.39 is 0 Å². The first-order chi connectivity index (χ1) is 13.1. The van der Waals surface area contributed by atoms with Crippen LogP contribution in [0.1, 0.15) is 48.9 Å². The summed E-state index contributed by atoms with van der Waals surface area (Å²) in [5.41, 5.74) is 3.92. The third-order valence-corrected chi connectivity index (χ3v) is 6.10. The van der Waals surface area contributed by atoms with Crippen molar-refractivity contribution in [1.82, 2.24) is 14.9 Å². The molecule has 1 aliphatic rings. The van der Waals surface area contributed by atoms with Gasteiger partial charge in [-0.1, -0.05) is 18.2 Å². The van der Waals surface area contributed by atoms with E-state index in [-0.39, 0.29) is 23.9 Å². The van der Waals surface area contributed by atoms with Crippen molar-refractivity contribution in [3.63, 3.8) is 0 Å². The molecule has 1 aromatic carbocycles. The van der Waals surface area contributed by atoms with Crippen LogP contribution in [-0.2, 0) is 24.2 Å². The van der Waals surface area contributed by atoms with E-state index in [0.29, 0.717) is 11.9 Å². The zero-order valence-corrected chi connectivity index (χ0v) is 16.2. The van der Waals surface area contributed by atoms with Crippen LogP contribution >= 0.6 is 11.3 Å². The molecule has 2 heterocycles. The van der Waals surface area contributed by atoms with Gasteiger partial charge in [-0.3, -0.25) is 14.2 Å². The minimum atomic E-state index is -0.0863. The standard InChI is InChI=1S/C21H23N3O2S/c1-14(16-7-6-15-4-2-3-5-17(15)12-16)23-19(25)8-10-24-13-22-20-18(21(24)26)9-11-27-20/h6-7,9,11-14H,2-5,8,10H2,1H3,(H,23,25). The summed E-state index contributed by atoms with van der Waals surface area (Å²) in [5.74, 6) is -0.0578. The number of aryl methyl sites for hydroxylation is 3. The summed E-state index contributed by atoms with van der Waals surface area (Å²) >= 11 is 1.45. The molecular weight excluding hydrogens is 358 g/mol. The molecule has 1 unspecified atom stereocenters. The van der Waals surface area contributed by atoms with Crippen LogP contribution in [0.4, 0.5) is 0 Å². The number of carbonyl (C=O) groups excluding carboxylic acids is 1. The van der Waals surface area contributed by atoms with Crippen LogP contribution in [0.5, 0.6) is 0 Å². The van der Waals surface area contributed by atoms with Crippen molar-refractivity contribution in [1.29, 1.82) is 0 Å². The molecule has 0 aliphatic heterocycles. The van der Waals surface area contributed by atoms with Crippen molar-refractivity contribution in [2.75, 3.05) is 0 Å². The Morgan fingerprint density at radius 3 is 2.93 bits per heavy atom. The fourth-order valence-corrected chi connectivity index (χ4v) is 4.42. The van der Waals surface area contributed by atoms with Gasteiger partial charge in [-0.05, 0) is 60.7 Å². The van der Waals surface area contributed by atoms with Crippen molar-refractivity contribution in [3.8, 4) is 0 Å². The van der Waals surface area contributed by atoms with Gasteiger partial charge in [-0.15, -0.1) is 11.3 Å². The molecule has 0 fully saturated rings. The second-order valence-corrected chi connectivity index (χ2v) is 8.05. The molecule has 4 rings (SSSR count). The minimum Gasteiger partial charge on any atom is -0.350 e. The molecular formula is C21H23N3O2S. The number of carbonyl (C=O) groups is 1. The summed E-state index contributed by atoms with van der Waals surface area (Å²) in [6.45, 7) is 2.34. The van der Waals surface area contributed by atoms with Gasteiger partial charge in [-0.2, -0.15) is 0 Å². The van der Waals surface area contributed by atoms with E-state index >= 15 is 0 Å². The number of benzene rings is 1. The van der Waals surface area contributed by atoms with Crippen molar-refractivity contribution >= 4 is 27.5 Å². The lowest BCUT2D eigenvalue weighted by molar-refractivity contribution is -0.121. The Morgan fingerprint density at radius 2 is 2.07 bits per heavy atom. The van der Waals surface area contributed by atoms with Gasteiger partial charge in [0.05, 0.1) is 17.8 Å². The van der Waals surface area contributed by atoms with E-state index in [2.05, 4.69) is 28.5 Å². The van der Waals surface area contributed by atoms with E-state index in [1.165, 1.54) is 46.2 Å². The summed E-state index contributed by atoms with van der Waals surface area (Å²) in [6.07, 6.45) is 6.59. The lowest BCUT2D eigenvalue weighted by atomic mass is 9.89. The maximum atomic E-state index is 12.4. The average Bonchev–Trinajstić information content (AvgIpc) is 3.16. The van der Waals surface area contributed by atoms with Crippen molar-refractivity contribution in [2.24, 2.45) is 0 Å². The molecule has 0 saturated carbocycles. The Kier molecular flexibility index (Phi) is 5.07. The highest BCUT2D eigenvalue weighted by molar-refractivity contribution is 7.16. The molecule has 3 aromatic rings. The van der Waals surface area contributed by atoms with Gasteiger partial charge < -0.3 is 5.32 Å². The Hall–Kier alpha value is -2.47. The first kappa shape index (κ1) is 17.9. The molecule has 6 heteroatoms.